The molecular formula is C15H19N5O3S. The second-order valence-corrected chi connectivity index (χ2v) is 6.97. The standard InChI is InChI=1S/C15H19N5O3S/c1-5-15(2,3)17-13(21)10-6-7-12(11(8-10)20(22)23)24-14-18-16-9-19(14)4/h6-9H,5H2,1-4H3,(H,17,21). The van der Waals surface area contributed by atoms with Crippen molar-refractivity contribution in [2.24, 2.45) is 7.05 Å². The zero-order valence-corrected chi connectivity index (χ0v) is 14.8. The molecule has 0 spiro atoms. The smallest absolute Gasteiger partial charge is 0.284 e. The van der Waals surface area contributed by atoms with Gasteiger partial charge in [0, 0.05) is 24.2 Å². The van der Waals surface area contributed by atoms with Crippen molar-refractivity contribution in [3.05, 3.63) is 40.2 Å². The largest absolute Gasteiger partial charge is 0.347 e. The Hall–Kier alpha value is -2.42. The molecule has 1 amide bonds. The normalized spacial score (nSPS) is 11.3. The molecule has 1 aromatic carbocycles. The van der Waals surface area contributed by atoms with Gasteiger partial charge in [-0.15, -0.1) is 10.2 Å². The second kappa shape index (κ2) is 7.00. The Morgan fingerprint density at radius 1 is 1.46 bits per heavy atom. The average Bonchev–Trinajstić information content (AvgIpc) is 2.92. The molecule has 1 N–H and O–H groups in total. The summed E-state index contributed by atoms with van der Waals surface area (Å²) in [5.74, 6) is -0.333. The summed E-state index contributed by atoms with van der Waals surface area (Å²) in [6, 6.07) is 4.43. The number of amides is 1. The molecule has 1 heterocycles. The second-order valence-electron chi connectivity index (χ2n) is 5.96. The Labute approximate surface area is 143 Å². The molecule has 9 heteroatoms. The summed E-state index contributed by atoms with van der Waals surface area (Å²) in [5.41, 5.74) is -0.256. The van der Waals surface area contributed by atoms with E-state index in [0.717, 1.165) is 18.2 Å². The van der Waals surface area contributed by atoms with Gasteiger partial charge in [-0.2, -0.15) is 0 Å². The van der Waals surface area contributed by atoms with E-state index in [9.17, 15) is 14.9 Å². The van der Waals surface area contributed by atoms with Crippen molar-refractivity contribution >= 4 is 23.4 Å². The van der Waals surface area contributed by atoms with Gasteiger partial charge in [0.2, 0.25) is 0 Å². The molecule has 1 aromatic heterocycles. The van der Waals surface area contributed by atoms with Crippen LogP contribution in [0.5, 0.6) is 0 Å². The summed E-state index contributed by atoms with van der Waals surface area (Å²) in [7, 11) is 1.75. The van der Waals surface area contributed by atoms with Gasteiger partial charge in [0.25, 0.3) is 11.6 Å². The highest BCUT2D eigenvalue weighted by Crippen LogP contribution is 2.34. The molecule has 128 valence electrons. The molecular weight excluding hydrogens is 330 g/mol. The van der Waals surface area contributed by atoms with Crippen molar-refractivity contribution in [1.82, 2.24) is 20.1 Å². The maximum Gasteiger partial charge on any atom is 0.284 e. The van der Waals surface area contributed by atoms with Crippen LogP contribution in [0.1, 0.15) is 37.6 Å². The highest BCUT2D eigenvalue weighted by Gasteiger charge is 2.23. The quantitative estimate of drug-likeness (QED) is 0.635. The minimum Gasteiger partial charge on any atom is -0.347 e. The lowest BCUT2D eigenvalue weighted by atomic mass is 10.0. The number of carbonyl (C=O) groups is 1. The lowest BCUT2D eigenvalue weighted by molar-refractivity contribution is -0.387. The van der Waals surface area contributed by atoms with Crippen LogP contribution in [0, 0.1) is 10.1 Å². The van der Waals surface area contributed by atoms with Gasteiger partial charge in [-0.1, -0.05) is 6.92 Å². The predicted octanol–water partition coefficient (Wildman–Crippen LogP) is 2.79. The molecule has 0 fully saturated rings. The molecule has 0 aliphatic carbocycles. The fourth-order valence-corrected chi connectivity index (χ4v) is 2.67. The van der Waals surface area contributed by atoms with Gasteiger partial charge in [-0.25, -0.2) is 0 Å². The van der Waals surface area contributed by atoms with E-state index in [1.165, 1.54) is 12.4 Å². The minimum absolute atomic E-state index is 0.134. The molecule has 2 aromatic rings. The van der Waals surface area contributed by atoms with Crippen molar-refractivity contribution in [1.29, 1.82) is 0 Å². The zero-order valence-electron chi connectivity index (χ0n) is 13.9. The van der Waals surface area contributed by atoms with E-state index in [4.69, 9.17) is 0 Å². The van der Waals surface area contributed by atoms with E-state index in [2.05, 4.69) is 15.5 Å². The van der Waals surface area contributed by atoms with Crippen molar-refractivity contribution in [3.8, 4) is 0 Å². The Morgan fingerprint density at radius 2 is 2.17 bits per heavy atom. The Balaban J connectivity index is 2.31. The first kappa shape index (κ1) is 17.9. The van der Waals surface area contributed by atoms with E-state index in [-0.39, 0.29) is 22.7 Å². The molecule has 0 aliphatic heterocycles. The summed E-state index contributed by atoms with van der Waals surface area (Å²) in [6.45, 7) is 5.76. The third-order valence-electron chi connectivity index (χ3n) is 3.62. The first-order valence-electron chi connectivity index (χ1n) is 7.36. The van der Waals surface area contributed by atoms with Gasteiger partial charge in [0.15, 0.2) is 5.16 Å². The number of nitro benzene ring substituents is 1. The molecule has 8 nitrogen and oxygen atoms in total. The predicted molar refractivity (Wildman–Crippen MR) is 90.1 cm³/mol. The number of hydrogen-bond donors (Lipinski definition) is 1. The number of aromatic nitrogens is 3. The molecule has 0 aliphatic rings. The third-order valence-corrected chi connectivity index (χ3v) is 4.74. The highest BCUT2D eigenvalue weighted by molar-refractivity contribution is 7.99. The van der Waals surface area contributed by atoms with Gasteiger partial charge in [-0.05, 0) is 44.2 Å². The number of aryl methyl sites for hydroxylation is 1. The summed E-state index contributed by atoms with van der Waals surface area (Å²) in [5, 5.41) is 22.4. The van der Waals surface area contributed by atoms with Gasteiger partial charge in [0.1, 0.15) is 6.33 Å². The highest BCUT2D eigenvalue weighted by atomic mass is 32.2. The Bertz CT molecular complexity index is 772. The molecule has 0 saturated heterocycles. The molecule has 0 atom stereocenters. The number of nitrogens with zero attached hydrogens (tertiary/aromatic N) is 4. The third kappa shape index (κ3) is 4.10. The molecule has 2 rings (SSSR count). The molecule has 0 saturated carbocycles. The van der Waals surface area contributed by atoms with Gasteiger partial charge >= 0.3 is 0 Å². The van der Waals surface area contributed by atoms with E-state index in [1.807, 2.05) is 20.8 Å². The van der Waals surface area contributed by atoms with E-state index >= 15 is 0 Å². The first-order valence-corrected chi connectivity index (χ1v) is 8.18. The number of nitrogens with one attached hydrogen (secondary N) is 1. The summed E-state index contributed by atoms with van der Waals surface area (Å²) >= 11 is 1.13. The lowest BCUT2D eigenvalue weighted by Crippen LogP contribution is -2.42. The van der Waals surface area contributed by atoms with Crippen LogP contribution in [-0.4, -0.2) is 31.1 Å². The van der Waals surface area contributed by atoms with Crippen LogP contribution < -0.4 is 5.32 Å². The van der Waals surface area contributed by atoms with Gasteiger partial charge in [-0.3, -0.25) is 14.9 Å². The summed E-state index contributed by atoms with van der Waals surface area (Å²) in [4.78, 5) is 23.6. The maximum atomic E-state index is 12.3. The van der Waals surface area contributed by atoms with Crippen LogP contribution in [0.25, 0.3) is 0 Å². The number of nitro groups is 1. The van der Waals surface area contributed by atoms with Crippen LogP contribution in [0.4, 0.5) is 5.69 Å². The van der Waals surface area contributed by atoms with Gasteiger partial charge < -0.3 is 9.88 Å². The summed E-state index contributed by atoms with van der Waals surface area (Å²) < 4.78 is 1.67. The van der Waals surface area contributed by atoms with E-state index in [1.54, 1.807) is 23.7 Å². The first-order chi connectivity index (χ1) is 11.2. The fourth-order valence-electron chi connectivity index (χ4n) is 1.82. The average molecular weight is 349 g/mol. The SMILES string of the molecule is CCC(C)(C)NC(=O)c1ccc(Sc2nncn2C)c([N+](=O)[O-])c1. The van der Waals surface area contributed by atoms with Crippen molar-refractivity contribution in [3.63, 3.8) is 0 Å². The van der Waals surface area contributed by atoms with E-state index in [0.29, 0.717) is 10.1 Å². The van der Waals surface area contributed by atoms with Crippen molar-refractivity contribution in [2.45, 2.75) is 42.8 Å². The summed E-state index contributed by atoms with van der Waals surface area (Å²) in [6.07, 6.45) is 2.27. The molecule has 0 unspecified atom stereocenters. The lowest BCUT2D eigenvalue weighted by Gasteiger charge is -2.24. The minimum atomic E-state index is -0.500. The fraction of sp³-hybridized carbons (Fsp3) is 0.400. The Kier molecular flexibility index (Phi) is 5.23. The zero-order chi connectivity index (χ0) is 17.9. The number of carbonyl (C=O) groups excluding carboxylic acids is 1. The van der Waals surface area contributed by atoms with Crippen molar-refractivity contribution in [2.75, 3.05) is 0 Å². The Morgan fingerprint density at radius 3 is 2.71 bits per heavy atom. The monoisotopic (exact) mass is 349 g/mol. The molecule has 0 bridgehead atoms. The number of hydrogen-bond acceptors (Lipinski definition) is 6. The number of rotatable bonds is 6. The topological polar surface area (TPSA) is 103 Å². The van der Waals surface area contributed by atoms with Crippen LogP contribution >= 0.6 is 11.8 Å². The van der Waals surface area contributed by atoms with Crippen LogP contribution in [-0.2, 0) is 7.05 Å². The van der Waals surface area contributed by atoms with Crippen LogP contribution in [0.15, 0.2) is 34.6 Å². The van der Waals surface area contributed by atoms with Crippen LogP contribution in [0.2, 0.25) is 0 Å². The van der Waals surface area contributed by atoms with Crippen LogP contribution in [0.3, 0.4) is 0 Å². The maximum absolute atomic E-state index is 12.3. The number of benzene rings is 1. The van der Waals surface area contributed by atoms with Crippen molar-refractivity contribution < 1.29 is 9.72 Å². The van der Waals surface area contributed by atoms with Gasteiger partial charge in [0.05, 0.1) is 9.82 Å². The molecule has 0 radical (unpaired) electrons. The molecule has 24 heavy (non-hydrogen) atoms. The van der Waals surface area contributed by atoms with E-state index < -0.39 is 4.92 Å².